The van der Waals surface area contributed by atoms with Crippen molar-refractivity contribution in [3.8, 4) is 0 Å². The minimum atomic E-state index is -0.563. The average molecular weight is 178 g/mol. The Kier molecular flexibility index (Phi) is 2.34. The molecule has 1 aromatic rings. The molecule has 0 radical (unpaired) electrons. The van der Waals surface area contributed by atoms with E-state index < -0.39 is 6.10 Å². The predicted molar refractivity (Wildman–Crippen MR) is 50.4 cm³/mol. The van der Waals surface area contributed by atoms with Crippen LogP contribution in [0.2, 0.25) is 0 Å². The molecule has 0 saturated heterocycles. The van der Waals surface area contributed by atoms with Gasteiger partial charge in [0.05, 0.1) is 12.7 Å². The van der Waals surface area contributed by atoms with Crippen LogP contribution in [0, 0.1) is 5.92 Å². The molecule has 70 valence electrons. The van der Waals surface area contributed by atoms with Gasteiger partial charge >= 0.3 is 0 Å². The SMILES string of the molecule is OC[C@@H](O)C1Cc2ccccc2C1. The molecule has 0 aliphatic heterocycles. The Hall–Kier alpha value is -0.860. The molecule has 2 nitrogen and oxygen atoms in total. The van der Waals surface area contributed by atoms with Gasteiger partial charge in [-0.25, -0.2) is 0 Å². The number of hydrogen-bond donors (Lipinski definition) is 2. The largest absolute Gasteiger partial charge is 0.394 e. The Morgan fingerprint density at radius 2 is 1.77 bits per heavy atom. The molecule has 2 N–H and O–H groups in total. The molecule has 0 aromatic heterocycles. The van der Waals surface area contributed by atoms with Crippen LogP contribution in [0.25, 0.3) is 0 Å². The van der Waals surface area contributed by atoms with Gasteiger partial charge < -0.3 is 10.2 Å². The van der Waals surface area contributed by atoms with Crippen LogP contribution in [0.5, 0.6) is 0 Å². The molecule has 0 spiro atoms. The summed E-state index contributed by atoms with van der Waals surface area (Å²) in [7, 11) is 0. The van der Waals surface area contributed by atoms with Crippen molar-refractivity contribution in [3.63, 3.8) is 0 Å². The highest BCUT2D eigenvalue weighted by Gasteiger charge is 2.26. The molecule has 2 heteroatoms. The molecule has 0 saturated carbocycles. The Labute approximate surface area is 77.8 Å². The molecule has 1 aliphatic rings. The molecule has 0 bridgehead atoms. The third-order valence-electron chi connectivity index (χ3n) is 2.81. The maximum absolute atomic E-state index is 9.48. The summed E-state index contributed by atoms with van der Waals surface area (Å²) < 4.78 is 0. The van der Waals surface area contributed by atoms with Gasteiger partial charge in [0.25, 0.3) is 0 Å². The van der Waals surface area contributed by atoms with Crippen molar-refractivity contribution in [2.45, 2.75) is 18.9 Å². The van der Waals surface area contributed by atoms with Gasteiger partial charge in [0.15, 0.2) is 0 Å². The number of benzene rings is 1. The Balaban J connectivity index is 2.14. The van der Waals surface area contributed by atoms with Crippen LogP contribution in [0.15, 0.2) is 24.3 Å². The maximum Gasteiger partial charge on any atom is 0.0805 e. The maximum atomic E-state index is 9.48. The van der Waals surface area contributed by atoms with E-state index in [-0.39, 0.29) is 12.5 Å². The first-order chi connectivity index (χ1) is 6.31. The molecule has 2 rings (SSSR count). The van der Waals surface area contributed by atoms with E-state index in [1.54, 1.807) is 0 Å². The fraction of sp³-hybridized carbons (Fsp3) is 0.455. The van der Waals surface area contributed by atoms with E-state index in [0.29, 0.717) is 0 Å². The summed E-state index contributed by atoms with van der Waals surface area (Å²) in [6, 6.07) is 8.23. The zero-order valence-electron chi connectivity index (χ0n) is 7.48. The van der Waals surface area contributed by atoms with Gasteiger partial charge in [0.2, 0.25) is 0 Å². The predicted octanol–water partition coefficient (Wildman–Crippen LogP) is 0.755. The van der Waals surface area contributed by atoms with Crippen LogP contribution >= 0.6 is 0 Å². The van der Waals surface area contributed by atoms with E-state index in [4.69, 9.17) is 5.11 Å². The van der Waals surface area contributed by atoms with E-state index in [1.165, 1.54) is 11.1 Å². The summed E-state index contributed by atoms with van der Waals surface area (Å²) in [5, 5.41) is 18.3. The smallest absolute Gasteiger partial charge is 0.0805 e. The lowest BCUT2D eigenvalue weighted by Crippen LogP contribution is -2.24. The summed E-state index contributed by atoms with van der Waals surface area (Å²) in [5.41, 5.74) is 2.64. The minimum absolute atomic E-state index is 0.126. The zero-order chi connectivity index (χ0) is 9.26. The highest BCUT2D eigenvalue weighted by Crippen LogP contribution is 2.28. The molecule has 0 fully saturated rings. The van der Waals surface area contributed by atoms with Crippen molar-refractivity contribution >= 4 is 0 Å². The van der Waals surface area contributed by atoms with Crippen molar-refractivity contribution in [1.82, 2.24) is 0 Å². The second-order valence-electron chi connectivity index (χ2n) is 3.69. The van der Waals surface area contributed by atoms with Gasteiger partial charge in [0.1, 0.15) is 0 Å². The van der Waals surface area contributed by atoms with Gasteiger partial charge in [-0.15, -0.1) is 0 Å². The van der Waals surface area contributed by atoms with Crippen LogP contribution in [-0.2, 0) is 12.8 Å². The average Bonchev–Trinajstić information content (AvgIpc) is 2.59. The zero-order valence-corrected chi connectivity index (χ0v) is 7.48. The first-order valence-electron chi connectivity index (χ1n) is 4.67. The topological polar surface area (TPSA) is 40.5 Å². The van der Waals surface area contributed by atoms with E-state index in [9.17, 15) is 5.11 Å². The molecule has 1 aromatic carbocycles. The van der Waals surface area contributed by atoms with Crippen molar-refractivity contribution in [3.05, 3.63) is 35.4 Å². The quantitative estimate of drug-likeness (QED) is 0.701. The fourth-order valence-corrected chi connectivity index (χ4v) is 2.01. The van der Waals surface area contributed by atoms with Gasteiger partial charge in [-0.05, 0) is 29.9 Å². The molecule has 0 unspecified atom stereocenters. The summed E-state index contributed by atoms with van der Waals surface area (Å²) >= 11 is 0. The van der Waals surface area contributed by atoms with Crippen LogP contribution < -0.4 is 0 Å². The lowest BCUT2D eigenvalue weighted by molar-refractivity contribution is 0.0506. The number of rotatable bonds is 2. The lowest BCUT2D eigenvalue weighted by atomic mass is 10.00. The first kappa shape index (κ1) is 8.73. The Morgan fingerprint density at radius 3 is 2.23 bits per heavy atom. The molecular formula is C11H14O2. The molecule has 0 heterocycles. The third-order valence-corrected chi connectivity index (χ3v) is 2.81. The third kappa shape index (κ3) is 1.60. The van der Waals surface area contributed by atoms with Crippen LogP contribution in [0.3, 0.4) is 0 Å². The first-order valence-corrected chi connectivity index (χ1v) is 4.67. The standard InChI is InChI=1S/C11H14O2/c12-7-11(13)10-5-8-3-1-2-4-9(8)6-10/h1-4,10-13H,5-7H2/t11-/m1/s1. The summed E-state index contributed by atoms with van der Waals surface area (Å²) in [4.78, 5) is 0. The van der Waals surface area contributed by atoms with Crippen LogP contribution in [0.4, 0.5) is 0 Å². The summed E-state index contributed by atoms with van der Waals surface area (Å²) in [5.74, 6) is 0.211. The van der Waals surface area contributed by atoms with Crippen LogP contribution in [0.1, 0.15) is 11.1 Å². The highest BCUT2D eigenvalue weighted by atomic mass is 16.3. The fourth-order valence-electron chi connectivity index (χ4n) is 2.01. The molecular weight excluding hydrogens is 164 g/mol. The molecule has 1 aliphatic carbocycles. The van der Waals surface area contributed by atoms with Crippen LogP contribution in [-0.4, -0.2) is 22.9 Å². The second-order valence-corrected chi connectivity index (χ2v) is 3.69. The number of hydrogen-bond acceptors (Lipinski definition) is 2. The van der Waals surface area contributed by atoms with Gasteiger partial charge in [0, 0.05) is 0 Å². The normalized spacial score (nSPS) is 18.6. The second kappa shape index (κ2) is 3.48. The van der Waals surface area contributed by atoms with Crippen molar-refractivity contribution in [1.29, 1.82) is 0 Å². The summed E-state index contributed by atoms with van der Waals surface area (Å²) in [6.07, 6.45) is 1.24. The number of fused-ring (bicyclic) bond motifs is 1. The molecule has 1 atom stereocenters. The summed E-state index contributed by atoms with van der Waals surface area (Å²) in [6.45, 7) is -0.126. The van der Waals surface area contributed by atoms with E-state index in [2.05, 4.69) is 12.1 Å². The Bertz CT molecular complexity index is 271. The lowest BCUT2D eigenvalue weighted by Gasteiger charge is -2.14. The van der Waals surface area contributed by atoms with Gasteiger partial charge in [-0.3, -0.25) is 0 Å². The van der Waals surface area contributed by atoms with E-state index in [0.717, 1.165) is 12.8 Å². The van der Waals surface area contributed by atoms with Gasteiger partial charge in [-0.2, -0.15) is 0 Å². The van der Waals surface area contributed by atoms with Crippen molar-refractivity contribution in [2.24, 2.45) is 5.92 Å². The molecule has 0 amide bonds. The van der Waals surface area contributed by atoms with Crippen molar-refractivity contribution < 1.29 is 10.2 Å². The molecule has 13 heavy (non-hydrogen) atoms. The van der Waals surface area contributed by atoms with Gasteiger partial charge in [-0.1, -0.05) is 24.3 Å². The number of aliphatic hydroxyl groups excluding tert-OH is 2. The monoisotopic (exact) mass is 178 g/mol. The van der Waals surface area contributed by atoms with E-state index in [1.807, 2.05) is 12.1 Å². The van der Waals surface area contributed by atoms with E-state index >= 15 is 0 Å². The minimum Gasteiger partial charge on any atom is -0.394 e. The van der Waals surface area contributed by atoms with Crippen molar-refractivity contribution in [2.75, 3.05) is 6.61 Å². The highest BCUT2D eigenvalue weighted by molar-refractivity contribution is 5.32. The number of aliphatic hydroxyl groups is 2. The Morgan fingerprint density at radius 1 is 1.23 bits per heavy atom.